The lowest BCUT2D eigenvalue weighted by Gasteiger charge is -2.10. The van der Waals surface area contributed by atoms with Crippen molar-refractivity contribution in [3.63, 3.8) is 0 Å². The first kappa shape index (κ1) is 15.0. The highest BCUT2D eigenvalue weighted by atomic mass is 32.1. The summed E-state index contributed by atoms with van der Waals surface area (Å²) in [5.41, 5.74) is 2.35. The third kappa shape index (κ3) is 4.05. The molecular formula is C16H22N2OS. The van der Waals surface area contributed by atoms with E-state index in [4.69, 9.17) is 17.0 Å². The number of benzene rings is 1. The molecule has 0 aliphatic carbocycles. The molecule has 1 heterocycles. The second kappa shape index (κ2) is 7.41. The Hall–Kier alpha value is -1.39. The van der Waals surface area contributed by atoms with Crippen molar-refractivity contribution in [1.82, 2.24) is 9.55 Å². The van der Waals surface area contributed by atoms with Gasteiger partial charge < -0.3 is 14.3 Å². The minimum absolute atomic E-state index is 0.310. The molecule has 0 bridgehead atoms. The molecule has 0 unspecified atom stereocenters. The van der Waals surface area contributed by atoms with Crippen molar-refractivity contribution in [2.24, 2.45) is 0 Å². The van der Waals surface area contributed by atoms with Gasteiger partial charge in [0, 0.05) is 19.3 Å². The third-order valence-corrected chi connectivity index (χ3v) is 3.50. The van der Waals surface area contributed by atoms with Crippen LogP contribution >= 0.6 is 12.2 Å². The SMILES string of the molecule is CC(C)OCCCCn1c(-c2ccccc2)c[nH]c1=S. The van der Waals surface area contributed by atoms with Crippen LogP contribution in [0.25, 0.3) is 11.3 Å². The highest BCUT2D eigenvalue weighted by molar-refractivity contribution is 7.71. The van der Waals surface area contributed by atoms with Crippen molar-refractivity contribution >= 4 is 12.2 Å². The number of unbranched alkanes of at least 4 members (excludes halogenated alkanes) is 1. The van der Waals surface area contributed by atoms with Crippen LogP contribution in [0.5, 0.6) is 0 Å². The van der Waals surface area contributed by atoms with Gasteiger partial charge in [0.1, 0.15) is 0 Å². The van der Waals surface area contributed by atoms with Crippen molar-refractivity contribution in [1.29, 1.82) is 0 Å². The molecule has 0 atom stereocenters. The maximum Gasteiger partial charge on any atom is 0.177 e. The van der Waals surface area contributed by atoms with E-state index in [1.807, 2.05) is 24.4 Å². The van der Waals surface area contributed by atoms with Gasteiger partial charge in [0.05, 0.1) is 11.8 Å². The normalized spacial score (nSPS) is 11.2. The Morgan fingerprint density at radius 1 is 1.20 bits per heavy atom. The number of nitrogens with zero attached hydrogens (tertiary/aromatic N) is 1. The van der Waals surface area contributed by atoms with E-state index in [1.165, 1.54) is 5.56 Å². The monoisotopic (exact) mass is 290 g/mol. The second-order valence-electron chi connectivity index (χ2n) is 5.12. The molecule has 2 aromatic rings. The first-order chi connectivity index (χ1) is 9.68. The maximum atomic E-state index is 5.56. The Bertz CT molecular complexity index is 572. The van der Waals surface area contributed by atoms with Gasteiger partial charge in [-0.05, 0) is 44.5 Å². The molecule has 0 saturated carbocycles. The Morgan fingerprint density at radius 2 is 1.95 bits per heavy atom. The lowest BCUT2D eigenvalue weighted by molar-refractivity contribution is 0.0754. The van der Waals surface area contributed by atoms with Crippen LogP contribution in [0.4, 0.5) is 0 Å². The molecule has 0 amide bonds. The lowest BCUT2D eigenvalue weighted by Crippen LogP contribution is -2.06. The first-order valence-corrected chi connectivity index (χ1v) is 7.54. The van der Waals surface area contributed by atoms with Crippen LogP contribution < -0.4 is 0 Å². The minimum atomic E-state index is 0.310. The largest absolute Gasteiger partial charge is 0.379 e. The summed E-state index contributed by atoms with van der Waals surface area (Å²) in [4.78, 5) is 3.14. The maximum absolute atomic E-state index is 5.56. The van der Waals surface area contributed by atoms with E-state index in [1.54, 1.807) is 0 Å². The zero-order valence-corrected chi connectivity index (χ0v) is 13.0. The number of aromatic nitrogens is 2. The Morgan fingerprint density at radius 3 is 2.65 bits per heavy atom. The van der Waals surface area contributed by atoms with Crippen molar-refractivity contribution < 1.29 is 4.74 Å². The van der Waals surface area contributed by atoms with Gasteiger partial charge in [-0.1, -0.05) is 30.3 Å². The van der Waals surface area contributed by atoms with Crippen LogP contribution in [-0.2, 0) is 11.3 Å². The summed E-state index contributed by atoms with van der Waals surface area (Å²) in [6.07, 6.45) is 4.42. The Balaban J connectivity index is 1.98. The molecular weight excluding hydrogens is 268 g/mol. The van der Waals surface area contributed by atoms with E-state index in [2.05, 4.69) is 35.5 Å². The van der Waals surface area contributed by atoms with Crippen LogP contribution in [0.3, 0.4) is 0 Å². The molecule has 0 radical (unpaired) electrons. The molecule has 0 fully saturated rings. The second-order valence-corrected chi connectivity index (χ2v) is 5.51. The summed E-state index contributed by atoms with van der Waals surface area (Å²) >= 11 is 5.37. The fourth-order valence-electron chi connectivity index (χ4n) is 2.16. The highest BCUT2D eigenvalue weighted by Crippen LogP contribution is 2.19. The number of H-pyrrole nitrogens is 1. The summed E-state index contributed by atoms with van der Waals surface area (Å²) in [6, 6.07) is 10.3. The number of hydrogen-bond donors (Lipinski definition) is 1. The zero-order valence-electron chi connectivity index (χ0n) is 12.1. The smallest absolute Gasteiger partial charge is 0.177 e. The first-order valence-electron chi connectivity index (χ1n) is 7.13. The van der Waals surface area contributed by atoms with E-state index in [0.717, 1.165) is 36.5 Å². The van der Waals surface area contributed by atoms with Crippen LogP contribution in [-0.4, -0.2) is 22.3 Å². The van der Waals surface area contributed by atoms with E-state index < -0.39 is 0 Å². The Kier molecular flexibility index (Phi) is 5.56. The zero-order chi connectivity index (χ0) is 14.4. The fourth-order valence-corrected chi connectivity index (χ4v) is 2.40. The van der Waals surface area contributed by atoms with Crippen molar-refractivity contribution in [2.45, 2.75) is 39.3 Å². The minimum Gasteiger partial charge on any atom is -0.379 e. The molecule has 108 valence electrons. The molecule has 2 rings (SSSR count). The molecule has 0 saturated heterocycles. The van der Waals surface area contributed by atoms with E-state index in [-0.39, 0.29) is 0 Å². The molecule has 1 N–H and O–H groups in total. The van der Waals surface area contributed by atoms with Gasteiger partial charge in [-0.2, -0.15) is 0 Å². The summed E-state index contributed by atoms with van der Waals surface area (Å²) < 4.78 is 8.52. The number of imidazole rings is 1. The lowest BCUT2D eigenvalue weighted by atomic mass is 10.1. The van der Waals surface area contributed by atoms with Crippen LogP contribution in [0, 0.1) is 4.77 Å². The van der Waals surface area contributed by atoms with Gasteiger partial charge in [-0.25, -0.2) is 0 Å². The number of rotatable bonds is 7. The number of nitrogens with one attached hydrogen (secondary N) is 1. The number of ether oxygens (including phenoxy) is 1. The van der Waals surface area contributed by atoms with Gasteiger partial charge in [0.15, 0.2) is 4.77 Å². The third-order valence-electron chi connectivity index (χ3n) is 3.17. The molecule has 0 aliphatic rings. The summed E-state index contributed by atoms with van der Waals surface area (Å²) in [5, 5.41) is 0. The molecule has 1 aromatic heterocycles. The predicted molar refractivity (Wildman–Crippen MR) is 85.4 cm³/mol. The predicted octanol–water partition coefficient (Wildman–Crippen LogP) is 4.42. The van der Waals surface area contributed by atoms with E-state index >= 15 is 0 Å². The molecule has 0 spiro atoms. The summed E-state index contributed by atoms with van der Waals surface area (Å²) in [5.74, 6) is 0. The summed E-state index contributed by atoms with van der Waals surface area (Å²) in [7, 11) is 0. The average Bonchev–Trinajstić information content (AvgIpc) is 2.80. The molecule has 0 aliphatic heterocycles. The van der Waals surface area contributed by atoms with Crippen molar-refractivity contribution in [2.75, 3.05) is 6.61 Å². The van der Waals surface area contributed by atoms with Crippen molar-refractivity contribution in [3.8, 4) is 11.3 Å². The fraction of sp³-hybridized carbons (Fsp3) is 0.438. The van der Waals surface area contributed by atoms with Gasteiger partial charge in [-0.15, -0.1) is 0 Å². The van der Waals surface area contributed by atoms with Gasteiger partial charge in [0.2, 0.25) is 0 Å². The van der Waals surface area contributed by atoms with Gasteiger partial charge >= 0.3 is 0 Å². The van der Waals surface area contributed by atoms with Gasteiger partial charge in [0.25, 0.3) is 0 Å². The van der Waals surface area contributed by atoms with E-state index in [9.17, 15) is 0 Å². The standard InChI is InChI=1S/C16H22N2OS/c1-13(2)19-11-7-6-10-18-15(12-17-16(18)20)14-8-4-3-5-9-14/h3-5,8-9,12-13H,6-7,10-11H2,1-2H3,(H,17,20). The van der Waals surface area contributed by atoms with Crippen LogP contribution in [0.1, 0.15) is 26.7 Å². The van der Waals surface area contributed by atoms with Crippen molar-refractivity contribution in [3.05, 3.63) is 41.3 Å². The number of aromatic amines is 1. The quantitative estimate of drug-likeness (QED) is 0.604. The molecule has 3 nitrogen and oxygen atoms in total. The average molecular weight is 290 g/mol. The summed E-state index contributed by atoms with van der Waals surface area (Å²) in [6.45, 7) is 5.87. The number of hydrogen-bond acceptors (Lipinski definition) is 2. The van der Waals surface area contributed by atoms with Gasteiger partial charge in [-0.3, -0.25) is 0 Å². The van der Waals surface area contributed by atoms with E-state index in [0.29, 0.717) is 6.10 Å². The molecule has 20 heavy (non-hydrogen) atoms. The Labute approximate surface area is 125 Å². The van der Waals surface area contributed by atoms with Crippen LogP contribution in [0.2, 0.25) is 0 Å². The topological polar surface area (TPSA) is 29.9 Å². The highest BCUT2D eigenvalue weighted by Gasteiger charge is 2.06. The van der Waals surface area contributed by atoms with Crippen LogP contribution in [0.15, 0.2) is 36.5 Å². The molecule has 4 heteroatoms. The molecule has 1 aromatic carbocycles.